The van der Waals surface area contributed by atoms with Gasteiger partial charge >= 0.3 is 0 Å². The molecular formula is C22H19ClN4OS. The third-order valence-corrected chi connectivity index (χ3v) is 5.50. The summed E-state index contributed by atoms with van der Waals surface area (Å²) in [5.74, 6) is 0. The molecule has 0 aliphatic heterocycles. The summed E-state index contributed by atoms with van der Waals surface area (Å²) in [4.78, 5) is 30.6. The van der Waals surface area contributed by atoms with E-state index < -0.39 is 0 Å². The number of fused-ring (bicyclic) bond motifs is 1. The Kier molecular flexibility index (Phi) is 5.39. The second kappa shape index (κ2) is 7.97. The van der Waals surface area contributed by atoms with Gasteiger partial charge in [-0.25, -0.2) is 15.0 Å². The second-order valence-corrected chi connectivity index (χ2v) is 8.96. The molecule has 0 amide bonds. The maximum atomic E-state index is 13.0. The molecule has 4 rings (SSSR count). The molecule has 146 valence electrons. The molecule has 0 atom stereocenters. The zero-order valence-corrected chi connectivity index (χ0v) is 17.8. The molecule has 0 fully saturated rings. The molecule has 7 heteroatoms. The quantitative estimate of drug-likeness (QED) is 0.347. The first-order valence-corrected chi connectivity index (χ1v) is 10.5. The van der Waals surface area contributed by atoms with Crippen LogP contribution in [0.4, 0.5) is 0 Å². The van der Waals surface area contributed by atoms with Gasteiger partial charge in [-0.15, -0.1) is 11.8 Å². The minimum Gasteiger partial charge on any atom is -0.343 e. The molecule has 0 aliphatic rings. The first kappa shape index (κ1) is 19.6. The van der Waals surface area contributed by atoms with Gasteiger partial charge in [-0.1, -0.05) is 55.8 Å². The summed E-state index contributed by atoms with van der Waals surface area (Å²) in [6, 6.07) is 13.4. The Morgan fingerprint density at radius 2 is 1.72 bits per heavy atom. The number of H-pyrrole nitrogens is 1. The maximum Gasteiger partial charge on any atom is 0.222 e. The smallest absolute Gasteiger partial charge is 0.222 e. The molecule has 29 heavy (non-hydrogen) atoms. The Hall–Kier alpha value is -2.70. The van der Waals surface area contributed by atoms with E-state index in [1.807, 2.05) is 57.2 Å². The maximum absolute atomic E-state index is 13.0. The van der Waals surface area contributed by atoms with Gasteiger partial charge in [0.1, 0.15) is 5.15 Å². The number of hydrogen-bond donors (Lipinski definition) is 1. The fraction of sp³-hybridized carbons (Fsp3) is 0.182. The Morgan fingerprint density at radius 1 is 1.00 bits per heavy atom. The van der Waals surface area contributed by atoms with Gasteiger partial charge in [0, 0.05) is 28.3 Å². The van der Waals surface area contributed by atoms with Gasteiger partial charge in [0.25, 0.3) is 0 Å². The van der Waals surface area contributed by atoms with Gasteiger partial charge in [0.15, 0.2) is 11.2 Å². The highest BCUT2D eigenvalue weighted by atomic mass is 35.5. The van der Waals surface area contributed by atoms with Gasteiger partial charge in [0.2, 0.25) is 5.43 Å². The van der Waals surface area contributed by atoms with E-state index in [9.17, 15) is 4.79 Å². The molecular weight excluding hydrogens is 404 g/mol. The highest BCUT2D eigenvalue weighted by Crippen LogP contribution is 2.32. The number of hydrogen-bond acceptors (Lipinski definition) is 5. The van der Waals surface area contributed by atoms with Crippen LogP contribution in [0.3, 0.4) is 0 Å². The summed E-state index contributed by atoms with van der Waals surface area (Å²) in [6.45, 7) is 5.97. The van der Waals surface area contributed by atoms with E-state index in [2.05, 4.69) is 9.97 Å². The van der Waals surface area contributed by atoms with Crippen molar-refractivity contribution in [1.29, 1.82) is 0 Å². The second-order valence-electron chi connectivity index (χ2n) is 6.95. The van der Waals surface area contributed by atoms with E-state index in [4.69, 9.17) is 21.6 Å². The van der Waals surface area contributed by atoms with Crippen LogP contribution in [0.15, 0.2) is 58.4 Å². The molecule has 0 saturated heterocycles. The zero-order chi connectivity index (χ0) is 20.5. The van der Waals surface area contributed by atoms with Crippen LogP contribution >= 0.6 is 23.4 Å². The van der Waals surface area contributed by atoms with Gasteiger partial charge in [-0.3, -0.25) is 4.79 Å². The molecule has 0 saturated carbocycles. The Labute approximate surface area is 177 Å². The van der Waals surface area contributed by atoms with Crippen molar-refractivity contribution in [3.8, 4) is 22.5 Å². The average Bonchev–Trinajstić information content (AvgIpc) is 2.69. The number of pyridine rings is 2. The fourth-order valence-corrected chi connectivity index (χ4v) is 4.20. The molecule has 0 spiro atoms. The molecule has 3 aromatic heterocycles. The molecule has 0 aliphatic carbocycles. The lowest BCUT2D eigenvalue weighted by Gasteiger charge is -2.12. The summed E-state index contributed by atoms with van der Waals surface area (Å²) in [6.07, 6.45) is 1.71. The van der Waals surface area contributed by atoms with Crippen LogP contribution in [0.25, 0.3) is 33.7 Å². The summed E-state index contributed by atoms with van der Waals surface area (Å²) in [5, 5.41) is 0.658. The first-order chi connectivity index (χ1) is 13.9. The summed E-state index contributed by atoms with van der Waals surface area (Å²) >= 11 is 7.70. The molecule has 1 N–H and O–H groups in total. The zero-order valence-electron chi connectivity index (χ0n) is 16.2. The molecule has 3 heterocycles. The lowest BCUT2D eigenvalue weighted by atomic mass is 10.0. The summed E-state index contributed by atoms with van der Waals surface area (Å²) in [7, 11) is 0. The molecule has 0 unspecified atom stereocenters. The fourth-order valence-electron chi connectivity index (χ4n) is 3.12. The monoisotopic (exact) mass is 422 g/mol. The lowest BCUT2D eigenvalue weighted by molar-refractivity contribution is 1.10. The van der Waals surface area contributed by atoms with Crippen molar-refractivity contribution in [3.63, 3.8) is 0 Å². The van der Waals surface area contributed by atoms with E-state index in [-0.39, 0.29) is 10.7 Å². The number of aryl methyl sites for hydroxylation is 1. The van der Waals surface area contributed by atoms with E-state index in [0.717, 1.165) is 16.8 Å². The highest BCUT2D eigenvalue weighted by molar-refractivity contribution is 7.99. The molecule has 4 aromatic rings. The number of benzene rings is 1. The molecule has 0 radical (unpaired) electrons. The normalized spacial score (nSPS) is 11.3. The summed E-state index contributed by atoms with van der Waals surface area (Å²) in [5.41, 5.74) is 4.39. The number of aromatic amines is 1. The van der Waals surface area contributed by atoms with Crippen LogP contribution < -0.4 is 5.43 Å². The van der Waals surface area contributed by atoms with Crippen molar-refractivity contribution in [3.05, 3.63) is 69.7 Å². The highest BCUT2D eigenvalue weighted by Gasteiger charge is 2.17. The minimum absolute atomic E-state index is 0.123. The van der Waals surface area contributed by atoms with Crippen LogP contribution in [0.2, 0.25) is 5.15 Å². The van der Waals surface area contributed by atoms with Crippen molar-refractivity contribution in [2.45, 2.75) is 30.9 Å². The van der Waals surface area contributed by atoms with Crippen molar-refractivity contribution in [1.82, 2.24) is 19.9 Å². The number of nitrogens with zero attached hydrogens (tertiary/aromatic N) is 3. The SMILES string of the molecule is Cc1cc(-c2nc3c(=O)c(SC(C)C)c[nH]c3nc2-c2ccccc2)cc(Cl)n1. The summed E-state index contributed by atoms with van der Waals surface area (Å²) < 4.78 is 0. The van der Waals surface area contributed by atoms with Crippen LogP contribution in [-0.2, 0) is 0 Å². The standard InChI is InChI=1S/C22H19ClN4OS/c1-12(2)29-16-11-24-22-20(21(16)28)26-19(15-9-13(3)25-17(23)10-15)18(27-22)14-7-5-4-6-8-14/h4-12H,1-3H3,(H,24,27,28). The first-order valence-electron chi connectivity index (χ1n) is 9.22. The minimum atomic E-state index is -0.123. The third-order valence-electron chi connectivity index (χ3n) is 4.28. The third kappa shape index (κ3) is 4.04. The van der Waals surface area contributed by atoms with Crippen molar-refractivity contribution in [2.75, 3.05) is 0 Å². The van der Waals surface area contributed by atoms with E-state index in [1.54, 1.807) is 12.3 Å². The molecule has 0 bridgehead atoms. The van der Waals surface area contributed by atoms with E-state index >= 15 is 0 Å². The van der Waals surface area contributed by atoms with Crippen molar-refractivity contribution >= 4 is 34.5 Å². The number of halogens is 1. The largest absolute Gasteiger partial charge is 0.343 e. The van der Waals surface area contributed by atoms with Crippen LogP contribution in [0.1, 0.15) is 19.5 Å². The molecule has 1 aromatic carbocycles. The van der Waals surface area contributed by atoms with Gasteiger partial charge in [-0.2, -0.15) is 0 Å². The Bertz CT molecular complexity index is 1230. The number of aromatic nitrogens is 4. The van der Waals surface area contributed by atoms with Crippen LogP contribution in [0, 0.1) is 6.92 Å². The van der Waals surface area contributed by atoms with Crippen molar-refractivity contribution in [2.24, 2.45) is 0 Å². The predicted molar refractivity (Wildman–Crippen MR) is 120 cm³/mol. The van der Waals surface area contributed by atoms with Gasteiger partial charge in [0.05, 0.1) is 16.3 Å². The van der Waals surface area contributed by atoms with Crippen molar-refractivity contribution < 1.29 is 0 Å². The number of nitrogens with one attached hydrogen (secondary N) is 1. The number of thioether (sulfide) groups is 1. The Balaban J connectivity index is 2.04. The van der Waals surface area contributed by atoms with E-state index in [1.165, 1.54) is 11.8 Å². The van der Waals surface area contributed by atoms with E-state index in [0.29, 0.717) is 32.6 Å². The van der Waals surface area contributed by atoms with Crippen LogP contribution in [-0.4, -0.2) is 25.2 Å². The average molecular weight is 423 g/mol. The van der Waals surface area contributed by atoms with Gasteiger partial charge < -0.3 is 4.98 Å². The Morgan fingerprint density at radius 3 is 2.41 bits per heavy atom. The molecule has 5 nitrogen and oxygen atoms in total. The van der Waals surface area contributed by atoms with Crippen LogP contribution in [0.5, 0.6) is 0 Å². The van der Waals surface area contributed by atoms with Gasteiger partial charge in [-0.05, 0) is 19.1 Å². The lowest BCUT2D eigenvalue weighted by Crippen LogP contribution is -2.11. The topological polar surface area (TPSA) is 71.5 Å². The predicted octanol–water partition coefficient (Wildman–Crippen LogP) is 5.51. The number of rotatable bonds is 4.